The fourth-order valence-corrected chi connectivity index (χ4v) is 3.97. The molecule has 1 aliphatic heterocycles. The second kappa shape index (κ2) is 9.77. The Kier molecular flexibility index (Phi) is 7.10. The molecule has 1 aliphatic rings. The van der Waals surface area contributed by atoms with Gasteiger partial charge in [-0.1, -0.05) is 44.2 Å². The van der Waals surface area contributed by atoms with E-state index in [9.17, 15) is 14.4 Å². The molecule has 2 aromatic rings. The molecule has 0 bridgehead atoms. The molecule has 2 aromatic carbocycles. The van der Waals surface area contributed by atoms with Gasteiger partial charge in [-0.3, -0.25) is 14.4 Å². The van der Waals surface area contributed by atoms with E-state index in [-0.39, 0.29) is 25.5 Å². The van der Waals surface area contributed by atoms with E-state index in [1.54, 1.807) is 4.90 Å². The standard InChI is InChI=1S/C25H30N2O4/c1-5-18-10-8-11-19(6-2)24(18)27-14-20(13-23(27)29)25(30)31-15-22(28)26-21-12-7-9-16(3)17(21)4/h7-12,20H,5-6,13-15H2,1-4H3,(H,26,28)/t20-/m1/s1. The number of carbonyl (C=O) groups is 3. The molecular formula is C25H30N2O4. The minimum atomic E-state index is -0.573. The summed E-state index contributed by atoms with van der Waals surface area (Å²) in [5.41, 5.74) is 5.84. The maximum absolute atomic E-state index is 12.7. The average molecular weight is 423 g/mol. The molecule has 0 unspecified atom stereocenters. The van der Waals surface area contributed by atoms with Gasteiger partial charge in [-0.15, -0.1) is 0 Å². The van der Waals surface area contributed by atoms with Crippen LogP contribution < -0.4 is 10.2 Å². The molecule has 0 aromatic heterocycles. The van der Waals surface area contributed by atoms with Crippen LogP contribution in [0.5, 0.6) is 0 Å². The number of nitrogens with one attached hydrogen (secondary N) is 1. The van der Waals surface area contributed by atoms with Crippen LogP contribution in [0.3, 0.4) is 0 Å². The predicted molar refractivity (Wildman–Crippen MR) is 121 cm³/mol. The molecule has 1 saturated heterocycles. The summed E-state index contributed by atoms with van der Waals surface area (Å²) in [6.07, 6.45) is 1.71. The molecule has 1 atom stereocenters. The lowest BCUT2D eigenvalue weighted by atomic mass is 10.0. The fourth-order valence-electron chi connectivity index (χ4n) is 3.97. The van der Waals surface area contributed by atoms with E-state index >= 15 is 0 Å². The molecule has 31 heavy (non-hydrogen) atoms. The van der Waals surface area contributed by atoms with Gasteiger partial charge in [-0.25, -0.2) is 0 Å². The van der Waals surface area contributed by atoms with Gasteiger partial charge in [0.15, 0.2) is 6.61 Å². The van der Waals surface area contributed by atoms with Crippen LogP contribution in [0.2, 0.25) is 0 Å². The molecule has 164 valence electrons. The van der Waals surface area contributed by atoms with Crippen LogP contribution in [0.15, 0.2) is 36.4 Å². The highest BCUT2D eigenvalue weighted by Gasteiger charge is 2.37. The van der Waals surface area contributed by atoms with E-state index in [2.05, 4.69) is 19.2 Å². The van der Waals surface area contributed by atoms with Crippen molar-refractivity contribution in [3.63, 3.8) is 0 Å². The third-order valence-electron chi connectivity index (χ3n) is 5.92. The number of amides is 2. The summed E-state index contributed by atoms with van der Waals surface area (Å²) in [6, 6.07) is 11.7. The monoisotopic (exact) mass is 422 g/mol. The zero-order valence-electron chi connectivity index (χ0n) is 18.7. The van der Waals surface area contributed by atoms with Crippen LogP contribution in [0.1, 0.15) is 42.5 Å². The van der Waals surface area contributed by atoms with E-state index in [0.29, 0.717) is 5.69 Å². The Morgan fingerprint density at radius 3 is 2.35 bits per heavy atom. The Morgan fingerprint density at radius 2 is 1.71 bits per heavy atom. The Hall–Kier alpha value is -3.15. The predicted octanol–water partition coefficient (Wildman–Crippen LogP) is 3.96. The van der Waals surface area contributed by atoms with E-state index < -0.39 is 17.8 Å². The molecule has 2 amide bonds. The van der Waals surface area contributed by atoms with Crippen molar-refractivity contribution in [2.24, 2.45) is 5.92 Å². The first-order chi connectivity index (χ1) is 14.8. The van der Waals surface area contributed by atoms with Crippen molar-refractivity contribution in [1.82, 2.24) is 0 Å². The molecule has 6 nitrogen and oxygen atoms in total. The Morgan fingerprint density at radius 1 is 1.06 bits per heavy atom. The summed E-state index contributed by atoms with van der Waals surface area (Å²) in [5, 5.41) is 2.78. The summed E-state index contributed by atoms with van der Waals surface area (Å²) >= 11 is 0. The van der Waals surface area contributed by atoms with Gasteiger partial charge in [0.1, 0.15) is 0 Å². The number of nitrogens with zero attached hydrogens (tertiary/aromatic N) is 1. The smallest absolute Gasteiger partial charge is 0.311 e. The number of rotatable bonds is 7. The van der Waals surface area contributed by atoms with E-state index in [0.717, 1.165) is 40.8 Å². The van der Waals surface area contributed by atoms with Crippen molar-refractivity contribution in [2.45, 2.75) is 47.0 Å². The molecular weight excluding hydrogens is 392 g/mol. The van der Waals surface area contributed by atoms with Crippen LogP contribution in [-0.2, 0) is 32.0 Å². The maximum Gasteiger partial charge on any atom is 0.311 e. The molecule has 6 heteroatoms. The summed E-state index contributed by atoms with van der Waals surface area (Å²) < 4.78 is 5.25. The first kappa shape index (κ1) is 22.5. The van der Waals surface area contributed by atoms with Crippen molar-refractivity contribution >= 4 is 29.2 Å². The van der Waals surface area contributed by atoms with Crippen molar-refractivity contribution in [3.05, 3.63) is 58.7 Å². The van der Waals surface area contributed by atoms with Gasteiger partial charge in [-0.05, 0) is 55.0 Å². The largest absolute Gasteiger partial charge is 0.455 e. The molecule has 1 fully saturated rings. The van der Waals surface area contributed by atoms with Gasteiger partial charge in [0, 0.05) is 24.3 Å². The van der Waals surface area contributed by atoms with Crippen LogP contribution >= 0.6 is 0 Å². The molecule has 0 spiro atoms. The van der Waals surface area contributed by atoms with E-state index in [4.69, 9.17) is 4.74 Å². The van der Waals surface area contributed by atoms with Crippen molar-refractivity contribution in [2.75, 3.05) is 23.4 Å². The van der Waals surface area contributed by atoms with E-state index in [1.807, 2.05) is 50.2 Å². The zero-order chi connectivity index (χ0) is 22.5. The number of hydrogen-bond donors (Lipinski definition) is 1. The van der Waals surface area contributed by atoms with Gasteiger partial charge < -0.3 is 15.0 Å². The van der Waals surface area contributed by atoms with Crippen LogP contribution in [0, 0.1) is 19.8 Å². The van der Waals surface area contributed by atoms with Crippen LogP contribution in [0.4, 0.5) is 11.4 Å². The highest BCUT2D eigenvalue weighted by Crippen LogP contribution is 2.32. The fraction of sp³-hybridized carbons (Fsp3) is 0.400. The summed E-state index contributed by atoms with van der Waals surface area (Å²) in [5.74, 6) is -1.57. The second-order valence-corrected chi connectivity index (χ2v) is 7.94. The SMILES string of the molecule is CCc1cccc(CC)c1N1C[C@H](C(=O)OCC(=O)Nc2cccc(C)c2C)CC1=O. The molecule has 3 rings (SSSR count). The van der Waals surface area contributed by atoms with Crippen molar-refractivity contribution in [3.8, 4) is 0 Å². The molecule has 0 saturated carbocycles. The van der Waals surface area contributed by atoms with Gasteiger partial charge in [0.2, 0.25) is 5.91 Å². The number of aryl methyl sites for hydroxylation is 3. The highest BCUT2D eigenvalue weighted by molar-refractivity contribution is 6.01. The number of carbonyl (C=O) groups excluding carboxylic acids is 3. The van der Waals surface area contributed by atoms with Gasteiger partial charge in [0.05, 0.1) is 5.92 Å². The third kappa shape index (κ3) is 4.95. The molecule has 1 heterocycles. The first-order valence-corrected chi connectivity index (χ1v) is 10.8. The van der Waals surface area contributed by atoms with E-state index in [1.165, 1.54) is 0 Å². The Labute approximate surface area is 183 Å². The normalized spacial score (nSPS) is 15.8. The lowest BCUT2D eigenvalue weighted by Gasteiger charge is -2.23. The Balaban J connectivity index is 1.62. The lowest BCUT2D eigenvalue weighted by molar-refractivity contribution is -0.151. The minimum absolute atomic E-state index is 0.0858. The maximum atomic E-state index is 12.7. The van der Waals surface area contributed by atoms with Gasteiger partial charge in [-0.2, -0.15) is 0 Å². The molecule has 0 aliphatic carbocycles. The number of anilines is 2. The molecule has 1 N–H and O–H groups in total. The zero-order valence-corrected chi connectivity index (χ0v) is 18.7. The minimum Gasteiger partial charge on any atom is -0.455 e. The lowest BCUT2D eigenvalue weighted by Crippen LogP contribution is -2.29. The summed E-state index contributed by atoms with van der Waals surface area (Å²) in [4.78, 5) is 39.2. The molecule has 0 radical (unpaired) electrons. The van der Waals surface area contributed by atoms with Gasteiger partial charge in [0.25, 0.3) is 5.91 Å². The number of para-hydroxylation sites is 1. The number of esters is 1. The van der Waals surface area contributed by atoms with Crippen molar-refractivity contribution < 1.29 is 19.1 Å². The number of ether oxygens (including phenoxy) is 1. The average Bonchev–Trinajstić information content (AvgIpc) is 3.15. The van der Waals surface area contributed by atoms with Crippen LogP contribution in [0.25, 0.3) is 0 Å². The topological polar surface area (TPSA) is 75.7 Å². The summed E-state index contributed by atoms with van der Waals surface area (Å²) in [6.45, 7) is 7.91. The summed E-state index contributed by atoms with van der Waals surface area (Å²) in [7, 11) is 0. The second-order valence-electron chi connectivity index (χ2n) is 7.94. The number of hydrogen-bond acceptors (Lipinski definition) is 4. The quantitative estimate of drug-likeness (QED) is 0.685. The van der Waals surface area contributed by atoms with Crippen LogP contribution in [-0.4, -0.2) is 30.9 Å². The number of benzene rings is 2. The van der Waals surface area contributed by atoms with Gasteiger partial charge >= 0.3 is 5.97 Å². The highest BCUT2D eigenvalue weighted by atomic mass is 16.5. The Bertz CT molecular complexity index is 977. The third-order valence-corrected chi connectivity index (χ3v) is 5.92. The van der Waals surface area contributed by atoms with Crippen molar-refractivity contribution in [1.29, 1.82) is 0 Å². The first-order valence-electron chi connectivity index (χ1n) is 10.8.